The number of carbonyl (C=O) groups is 1. The molecule has 10 nitrogen and oxygen atoms in total. The SMILES string of the molecule is O=C(Nc1nn[nH]n1)N1CCN(Cc2cccc(Oc3cccc(OC(F)(F)F)c3)c2)CC1. The van der Waals surface area contributed by atoms with Crippen molar-refractivity contribution in [2.45, 2.75) is 12.9 Å². The Morgan fingerprint density at radius 1 is 1.03 bits per heavy atom. The maximum atomic E-state index is 12.4. The molecule has 2 N–H and O–H groups in total. The summed E-state index contributed by atoms with van der Waals surface area (Å²) in [6.07, 6.45) is -4.77. The Labute approximate surface area is 186 Å². The molecule has 0 aliphatic carbocycles. The van der Waals surface area contributed by atoms with Crippen molar-refractivity contribution in [3.8, 4) is 17.2 Å². The molecule has 1 saturated heterocycles. The summed E-state index contributed by atoms with van der Waals surface area (Å²) in [5, 5.41) is 15.6. The van der Waals surface area contributed by atoms with E-state index in [-0.39, 0.29) is 23.5 Å². The summed E-state index contributed by atoms with van der Waals surface area (Å²) in [4.78, 5) is 16.1. The third kappa shape index (κ3) is 6.55. The van der Waals surface area contributed by atoms with Gasteiger partial charge in [0.25, 0.3) is 5.95 Å². The number of aromatic amines is 1. The molecular formula is C20H20F3N7O3. The molecule has 13 heteroatoms. The van der Waals surface area contributed by atoms with Crippen molar-refractivity contribution in [1.82, 2.24) is 30.4 Å². The summed E-state index contributed by atoms with van der Waals surface area (Å²) in [7, 11) is 0. The monoisotopic (exact) mass is 463 g/mol. The zero-order valence-corrected chi connectivity index (χ0v) is 17.2. The molecule has 0 bridgehead atoms. The number of halogens is 3. The first-order valence-corrected chi connectivity index (χ1v) is 9.98. The number of benzene rings is 2. The van der Waals surface area contributed by atoms with Crippen LogP contribution >= 0.6 is 0 Å². The lowest BCUT2D eigenvalue weighted by atomic mass is 10.2. The summed E-state index contributed by atoms with van der Waals surface area (Å²) in [6, 6.07) is 12.4. The molecule has 4 rings (SSSR count). The van der Waals surface area contributed by atoms with E-state index in [1.165, 1.54) is 18.2 Å². The molecule has 33 heavy (non-hydrogen) atoms. The number of hydrogen-bond acceptors (Lipinski definition) is 7. The van der Waals surface area contributed by atoms with Gasteiger partial charge in [0.1, 0.15) is 17.2 Å². The first kappa shape index (κ1) is 22.3. The highest BCUT2D eigenvalue weighted by Crippen LogP contribution is 2.29. The van der Waals surface area contributed by atoms with Gasteiger partial charge in [0.15, 0.2) is 0 Å². The highest BCUT2D eigenvalue weighted by Gasteiger charge is 2.31. The number of ether oxygens (including phenoxy) is 2. The highest BCUT2D eigenvalue weighted by molar-refractivity contribution is 5.87. The van der Waals surface area contributed by atoms with Crippen LogP contribution in [0.3, 0.4) is 0 Å². The van der Waals surface area contributed by atoms with E-state index in [9.17, 15) is 18.0 Å². The van der Waals surface area contributed by atoms with Crippen molar-refractivity contribution in [2.24, 2.45) is 0 Å². The summed E-state index contributed by atoms with van der Waals surface area (Å²) in [5.41, 5.74) is 0.972. The van der Waals surface area contributed by atoms with Crippen molar-refractivity contribution < 1.29 is 27.4 Å². The minimum Gasteiger partial charge on any atom is -0.457 e. The molecule has 1 aromatic heterocycles. The molecule has 174 valence electrons. The lowest BCUT2D eigenvalue weighted by Gasteiger charge is -2.34. The molecule has 0 spiro atoms. The van der Waals surface area contributed by atoms with Crippen molar-refractivity contribution in [2.75, 3.05) is 31.5 Å². The standard InChI is InChI=1S/C20H20F3N7O3/c21-20(22,23)33-17-6-2-5-16(12-17)32-15-4-1-3-14(11-15)13-29-7-9-30(10-8-29)19(31)24-18-25-27-28-26-18/h1-6,11-12H,7-10,13H2,(H2,24,25,26,27,28,31). The zero-order valence-electron chi connectivity index (χ0n) is 17.2. The van der Waals surface area contributed by atoms with E-state index in [2.05, 4.69) is 35.6 Å². The van der Waals surface area contributed by atoms with Gasteiger partial charge in [-0.05, 0) is 35.0 Å². The molecular weight excluding hydrogens is 443 g/mol. The van der Waals surface area contributed by atoms with Gasteiger partial charge in [0.2, 0.25) is 0 Å². The minimum absolute atomic E-state index is 0.120. The molecule has 1 fully saturated rings. The number of rotatable bonds is 6. The smallest absolute Gasteiger partial charge is 0.457 e. The van der Waals surface area contributed by atoms with Crippen LogP contribution < -0.4 is 14.8 Å². The van der Waals surface area contributed by atoms with E-state index >= 15 is 0 Å². The van der Waals surface area contributed by atoms with Gasteiger partial charge in [-0.3, -0.25) is 10.2 Å². The fourth-order valence-electron chi connectivity index (χ4n) is 3.33. The van der Waals surface area contributed by atoms with E-state index in [1.807, 2.05) is 18.2 Å². The number of tetrazole rings is 1. The lowest BCUT2D eigenvalue weighted by Crippen LogP contribution is -2.49. The number of H-pyrrole nitrogens is 1. The van der Waals surface area contributed by atoms with Crippen molar-refractivity contribution in [3.05, 3.63) is 54.1 Å². The fourth-order valence-corrected chi connectivity index (χ4v) is 3.33. The largest absolute Gasteiger partial charge is 0.573 e. The average molecular weight is 463 g/mol. The molecule has 0 radical (unpaired) electrons. The Kier molecular flexibility index (Phi) is 6.58. The summed E-state index contributed by atoms with van der Waals surface area (Å²) in [6.45, 7) is 3.04. The predicted octanol–water partition coefficient (Wildman–Crippen LogP) is 3.24. The molecule has 2 amide bonds. The molecule has 3 aromatic rings. The third-order valence-electron chi connectivity index (χ3n) is 4.80. The van der Waals surface area contributed by atoms with Gasteiger partial charge in [-0.2, -0.15) is 5.21 Å². The maximum absolute atomic E-state index is 12.4. The lowest BCUT2D eigenvalue weighted by molar-refractivity contribution is -0.274. The molecule has 2 heterocycles. The summed E-state index contributed by atoms with van der Waals surface area (Å²) < 4.78 is 46.9. The molecule has 0 atom stereocenters. The Bertz CT molecular complexity index is 1070. The van der Waals surface area contributed by atoms with E-state index in [0.717, 1.165) is 5.56 Å². The number of anilines is 1. The van der Waals surface area contributed by atoms with E-state index in [0.29, 0.717) is 38.5 Å². The van der Waals surface area contributed by atoms with Crippen LogP contribution in [0.15, 0.2) is 48.5 Å². The van der Waals surface area contributed by atoms with Crippen LogP contribution in [0, 0.1) is 0 Å². The molecule has 0 unspecified atom stereocenters. The van der Waals surface area contributed by atoms with E-state index < -0.39 is 6.36 Å². The minimum atomic E-state index is -4.77. The number of amides is 2. The van der Waals surface area contributed by atoms with Crippen molar-refractivity contribution in [3.63, 3.8) is 0 Å². The van der Waals surface area contributed by atoms with Gasteiger partial charge in [-0.25, -0.2) is 4.79 Å². The van der Waals surface area contributed by atoms with Crippen LogP contribution in [0.4, 0.5) is 23.9 Å². The number of piperazine rings is 1. The van der Waals surface area contributed by atoms with Gasteiger partial charge in [-0.15, -0.1) is 18.3 Å². The van der Waals surface area contributed by atoms with Crippen LogP contribution in [0.1, 0.15) is 5.56 Å². The number of hydrogen-bond donors (Lipinski definition) is 2. The Morgan fingerprint density at radius 2 is 1.73 bits per heavy atom. The van der Waals surface area contributed by atoms with Crippen LogP contribution in [-0.2, 0) is 6.54 Å². The Balaban J connectivity index is 1.30. The van der Waals surface area contributed by atoms with Crippen LogP contribution in [-0.4, -0.2) is 69.0 Å². The highest BCUT2D eigenvalue weighted by atomic mass is 19.4. The number of alkyl halides is 3. The van der Waals surface area contributed by atoms with Crippen molar-refractivity contribution in [1.29, 1.82) is 0 Å². The third-order valence-corrected chi connectivity index (χ3v) is 4.80. The fraction of sp³-hybridized carbons (Fsp3) is 0.300. The van der Waals surface area contributed by atoms with Gasteiger partial charge < -0.3 is 14.4 Å². The van der Waals surface area contributed by atoms with Crippen LogP contribution in [0.5, 0.6) is 17.2 Å². The van der Waals surface area contributed by atoms with Gasteiger partial charge in [0.05, 0.1) is 0 Å². The Hall–Kier alpha value is -3.87. The van der Waals surface area contributed by atoms with Gasteiger partial charge in [-0.1, -0.05) is 23.3 Å². The second-order valence-corrected chi connectivity index (χ2v) is 7.20. The summed E-state index contributed by atoms with van der Waals surface area (Å²) >= 11 is 0. The van der Waals surface area contributed by atoms with Crippen molar-refractivity contribution >= 4 is 12.0 Å². The van der Waals surface area contributed by atoms with Crippen LogP contribution in [0.25, 0.3) is 0 Å². The molecule has 1 aliphatic heterocycles. The van der Waals surface area contributed by atoms with E-state index in [4.69, 9.17) is 4.74 Å². The Morgan fingerprint density at radius 3 is 2.42 bits per heavy atom. The number of nitrogens with one attached hydrogen (secondary N) is 2. The zero-order chi connectivity index (χ0) is 23.3. The predicted molar refractivity (Wildman–Crippen MR) is 110 cm³/mol. The van der Waals surface area contributed by atoms with Gasteiger partial charge >= 0.3 is 12.4 Å². The maximum Gasteiger partial charge on any atom is 0.573 e. The first-order chi connectivity index (χ1) is 15.8. The topological polar surface area (TPSA) is 108 Å². The second kappa shape index (κ2) is 9.73. The van der Waals surface area contributed by atoms with Crippen LogP contribution in [0.2, 0.25) is 0 Å². The first-order valence-electron chi connectivity index (χ1n) is 9.98. The quantitative estimate of drug-likeness (QED) is 0.578. The number of carbonyl (C=O) groups excluding carboxylic acids is 1. The number of aromatic nitrogens is 4. The normalized spacial score (nSPS) is 14.7. The second-order valence-electron chi connectivity index (χ2n) is 7.20. The number of urea groups is 1. The molecule has 0 saturated carbocycles. The molecule has 2 aromatic carbocycles. The van der Waals surface area contributed by atoms with E-state index in [1.54, 1.807) is 17.0 Å². The average Bonchev–Trinajstić information content (AvgIpc) is 3.26. The van der Waals surface area contributed by atoms with Gasteiger partial charge in [0, 0.05) is 38.8 Å². The molecule has 1 aliphatic rings. The number of nitrogens with zero attached hydrogens (tertiary/aromatic N) is 5. The summed E-state index contributed by atoms with van der Waals surface area (Å²) in [5.74, 6) is 0.497.